The highest BCUT2D eigenvalue weighted by Gasteiger charge is 2.35. The highest BCUT2D eigenvalue weighted by atomic mass is 35.5. The molecule has 4 nitrogen and oxygen atoms in total. The first-order valence-corrected chi connectivity index (χ1v) is 9.46. The molecule has 2 aromatic carbocycles. The van der Waals surface area contributed by atoms with Gasteiger partial charge in [0, 0.05) is 17.0 Å². The van der Waals surface area contributed by atoms with E-state index in [2.05, 4.69) is 10.6 Å². The average molecular weight is 469 g/mol. The molecule has 0 fully saturated rings. The molecule has 0 aliphatic carbocycles. The Morgan fingerprint density at radius 2 is 1.77 bits per heavy atom. The van der Waals surface area contributed by atoms with E-state index in [0.29, 0.717) is 11.0 Å². The van der Waals surface area contributed by atoms with Gasteiger partial charge in [0.15, 0.2) is 0 Å². The number of alkyl halides is 6. The van der Waals surface area contributed by atoms with Gasteiger partial charge in [0.05, 0.1) is 27.1 Å². The third-order valence-electron chi connectivity index (χ3n) is 4.05. The quantitative estimate of drug-likeness (QED) is 0.558. The molecule has 2 aromatic rings. The number of thioether (sulfide) groups is 1. The zero-order valence-electron chi connectivity index (χ0n) is 14.6. The molecular formula is C18H11ClF6N2O2S. The van der Waals surface area contributed by atoms with Crippen LogP contribution in [-0.4, -0.2) is 17.1 Å². The van der Waals surface area contributed by atoms with Crippen molar-refractivity contribution >= 4 is 46.6 Å². The highest BCUT2D eigenvalue weighted by molar-refractivity contribution is 8.01. The first-order valence-electron chi connectivity index (χ1n) is 8.20. The average Bonchev–Trinajstić information content (AvgIpc) is 2.61. The van der Waals surface area contributed by atoms with Gasteiger partial charge in [-0.2, -0.15) is 26.3 Å². The molecular weight excluding hydrogens is 458 g/mol. The molecule has 30 heavy (non-hydrogen) atoms. The van der Waals surface area contributed by atoms with Gasteiger partial charge in [-0.1, -0.05) is 11.6 Å². The van der Waals surface area contributed by atoms with Crippen molar-refractivity contribution in [2.45, 2.75) is 28.9 Å². The van der Waals surface area contributed by atoms with Gasteiger partial charge in [-0.15, -0.1) is 11.8 Å². The van der Waals surface area contributed by atoms with Crippen LogP contribution in [0.2, 0.25) is 5.02 Å². The Kier molecular flexibility index (Phi) is 5.96. The summed E-state index contributed by atoms with van der Waals surface area (Å²) >= 11 is 6.41. The second kappa shape index (κ2) is 8.03. The zero-order chi connectivity index (χ0) is 22.3. The molecule has 0 radical (unpaired) electrons. The molecule has 0 saturated heterocycles. The molecule has 1 atom stereocenters. The molecule has 0 saturated carbocycles. The zero-order valence-corrected chi connectivity index (χ0v) is 16.2. The van der Waals surface area contributed by atoms with E-state index in [4.69, 9.17) is 11.6 Å². The lowest BCUT2D eigenvalue weighted by molar-refractivity contribution is -0.138. The SMILES string of the molecule is O=C(CC1Sc2ccc(C(F)(F)F)cc2NC1=O)Nc1ccc(Cl)c(C(F)(F)F)c1. The molecule has 0 spiro atoms. The van der Waals surface area contributed by atoms with Crippen LogP contribution in [-0.2, 0) is 21.9 Å². The van der Waals surface area contributed by atoms with Crippen molar-refractivity contribution in [2.75, 3.05) is 10.6 Å². The van der Waals surface area contributed by atoms with Crippen molar-refractivity contribution in [3.63, 3.8) is 0 Å². The number of amides is 2. The molecule has 1 aliphatic heterocycles. The second-order valence-corrected chi connectivity index (χ2v) is 7.90. The van der Waals surface area contributed by atoms with Crippen molar-refractivity contribution in [1.29, 1.82) is 0 Å². The number of hydrogen-bond donors (Lipinski definition) is 2. The van der Waals surface area contributed by atoms with Crippen LogP contribution < -0.4 is 10.6 Å². The first-order chi connectivity index (χ1) is 13.8. The van der Waals surface area contributed by atoms with Gasteiger partial charge in [0.2, 0.25) is 11.8 Å². The molecule has 3 rings (SSSR count). The minimum atomic E-state index is -4.71. The van der Waals surface area contributed by atoms with E-state index >= 15 is 0 Å². The predicted molar refractivity (Wildman–Crippen MR) is 99.4 cm³/mol. The molecule has 1 unspecified atom stereocenters. The maximum absolute atomic E-state index is 12.9. The highest BCUT2D eigenvalue weighted by Crippen LogP contribution is 2.41. The molecule has 160 valence electrons. The number of fused-ring (bicyclic) bond motifs is 1. The molecule has 0 aromatic heterocycles. The fourth-order valence-electron chi connectivity index (χ4n) is 2.66. The van der Waals surface area contributed by atoms with Crippen LogP contribution in [0.25, 0.3) is 0 Å². The van der Waals surface area contributed by atoms with Crippen molar-refractivity contribution in [1.82, 2.24) is 0 Å². The molecule has 2 N–H and O–H groups in total. The maximum atomic E-state index is 12.9. The van der Waals surface area contributed by atoms with Crippen LogP contribution in [0.3, 0.4) is 0 Å². The standard InChI is InChI=1S/C18H11ClF6N2O2S/c19-11-3-2-9(6-10(11)18(23,24)25)26-15(28)7-14-16(29)27-12-5-8(17(20,21)22)1-4-13(12)30-14/h1-6,14H,7H2,(H,26,28)(H,27,29). The van der Waals surface area contributed by atoms with Crippen molar-refractivity contribution in [3.8, 4) is 0 Å². The fourth-order valence-corrected chi connectivity index (χ4v) is 3.98. The van der Waals surface area contributed by atoms with Crippen LogP contribution in [0.5, 0.6) is 0 Å². The fraction of sp³-hybridized carbons (Fsp3) is 0.222. The second-order valence-electron chi connectivity index (χ2n) is 6.25. The smallest absolute Gasteiger partial charge is 0.326 e. The number of hydrogen-bond acceptors (Lipinski definition) is 3. The number of anilines is 2. The Hall–Kier alpha value is -2.40. The van der Waals surface area contributed by atoms with E-state index in [1.165, 1.54) is 12.1 Å². The third-order valence-corrected chi connectivity index (χ3v) is 5.66. The Balaban J connectivity index is 1.70. The number of rotatable bonds is 3. The summed E-state index contributed by atoms with van der Waals surface area (Å²) in [6, 6.07) is 5.66. The number of benzene rings is 2. The van der Waals surface area contributed by atoms with Crippen molar-refractivity contribution in [3.05, 3.63) is 52.5 Å². The summed E-state index contributed by atoms with van der Waals surface area (Å²) < 4.78 is 77.1. The number of carbonyl (C=O) groups excluding carboxylic acids is 2. The minimum absolute atomic E-state index is 0.0241. The summed E-state index contributed by atoms with van der Waals surface area (Å²) in [7, 11) is 0. The first kappa shape index (κ1) is 22.3. The van der Waals surface area contributed by atoms with Gasteiger partial charge < -0.3 is 10.6 Å². The normalized spacial score (nSPS) is 16.6. The molecule has 0 bridgehead atoms. The third kappa shape index (κ3) is 5.01. The maximum Gasteiger partial charge on any atom is 0.417 e. The van der Waals surface area contributed by atoms with Crippen LogP contribution in [0.1, 0.15) is 17.5 Å². The summed E-state index contributed by atoms with van der Waals surface area (Å²) in [5.41, 5.74) is -2.24. The minimum Gasteiger partial charge on any atom is -0.326 e. The molecule has 12 heteroatoms. The monoisotopic (exact) mass is 468 g/mol. The Labute approximate surface area is 175 Å². The summed E-state index contributed by atoms with van der Waals surface area (Å²) in [5.74, 6) is -1.43. The van der Waals surface area contributed by atoms with E-state index in [1.807, 2.05) is 0 Å². The van der Waals surface area contributed by atoms with E-state index in [9.17, 15) is 35.9 Å². The topological polar surface area (TPSA) is 58.2 Å². The van der Waals surface area contributed by atoms with Crippen LogP contribution in [0, 0.1) is 0 Å². The summed E-state index contributed by atoms with van der Waals surface area (Å²) in [6.45, 7) is 0. The summed E-state index contributed by atoms with van der Waals surface area (Å²) in [6.07, 6.45) is -9.69. The van der Waals surface area contributed by atoms with Crippen LogP contribution in [0.4, 0.5) is 37.7 Å². The Bertz CT molecular complexity index is 1010. The molecule has 2 amide bonds. The van der Waals surface area contributed by atoms with Gasteiger partial charge >= 0.3 is 12.4 Å². The van der Waals surface area contributed by atoms with E-state index in [0.717, 1.165) is 30.0 Å². The van der Waals surface area contributed by atoms with E-state index < -0.39 is 52.0 Å². The van der Waals surface area contributed by atoms with E-state index in [-0.39, 0.29) is 11.4 Å². The van der Waals surface area contributed by atoms with Crippen molar-refractivity contribution in [2.24, 2.45) is 0 Å². The van der Waals surface area contributed by atoms with Gasteiger partial charge in [0.25, 0.3) is 0 Å². The van der Waals surface area contributed by atoms with Crippen LogP contribution >= 0.6 is 23.4 Å². The van der Waals surface area contributed by atoms with Crippen LogP contribution in [0.15, 0.2) is 41.3 Å². The lowest BCUT2D eigenvalue weighted by Crippen LogP contribution is -2.32. The molecule has 1 heterocycles. The van der Waals surface area contributed by atoms with Gasteiger partial charge in [0.1, 0.15) is 0 Å². The summed E-state index contributed by atoms with van der Waals surface area (Å²) in [5, 5.41) is 3.09. The Morgan fingerprint density at radius 1 is 1.07 bits per heavy atom. The lowest BCUT2D eigenvalue weighted by Gasteiger charge is -2.24. The lowest BCUT2D eigenvalue weighted by atomic mass is 10.1. The van der Waals surface area contributed by atoms with Gasteiger partial charge in [-0.3, -0.25) is 9.59 Å². The van der Waals surface area contributed by atoms with E-state index in [1.54, 1.807) is 0 Å². The number of carbonyl (C=O) groups is 2. The molecule has 1 aliphatic rings. The predicted octanol–water partition coefficient (Wildman–Crippen LogP) is 5.82. The summed E-state index contributed by atoms with van der Waals surface area (Å²) in [4.78, 5) is 24.7. The largest absolute Gasteiger partial charge is 0.417 e. The van der Waals surface area contributed by atoms with Gasteiger partial charge in [-0.25, -0.2) is 0 Å². The number of nitrogens with one attached hydrogen (secondary N) is 2. The Morgan fingerprint density at radius 3 is 2.40 bits per heavy atom. The van der Waals surface area contributed by atoms with Gasteiger partial charge in [-0.05, 0) is 36.4 Å². The van der Waals surface area contributed by atoms with Crippen molar-refractivity contribution < 1.29 is 35.9 Å². The number of halogens is 7.